The van der Waals surface area contributed by atoms with Gasteiger partial charge in [0.05, 0.1) is 16.8 Å². The molecule has 2 N–H and O–H groups in total. The first-order chi connectivity index (χ1) is 11.1. The molecule has 2 aromatic carbocycles. The second-order valence-electron chi connectivity index (χ2n) is 4.89. The molecular formula is C16H14ClN3O2S. The number of ether oxygens (including phenoxy) is 1. The molecule has 7 heteroatoms. The Morgan fingerprint density at radius 1 is 1.17 bits per heavy atom. The molecule has 3 aromatic rings. The molecule has 1 aromatic heterocycles. The van der Waals surface area contributed by atoms with E-state index in [1.807, 2.05) is 31.2 Å². The van der Waals surface area contributed by atoms with Crippen molar-refractivity contribution in [3.63, 3.8) is 0 Å². The minimum Gasteiger partial charge on any atom is -0.494 e. The lowest BCUT2D eigenvalue weighted by Gasteiger charge is -2.05. The second-order valence-corrected chi connectivity index (χ2v) is 6.30. The molecule has 0 saturated heterocycles. The van der Waals surface area contributed by atoms with E-state index >= 15 is 0 Å². The monoisotopic (exact) mass is 347 g/mol. The van der Waals surface area contributed by atoms with Gasteiger partial charge in [-0.25, -0.2) is 9.78 Å². The molecule has 23 heavy (non-hydrogen) atoms. The maximum atomic E-state index is 12.1. The average Bonchev–Trinajstić information content (AvgIpc) is 2.94. The summed E-state index contributed by atoms with van der Waals surface area (Å²) in [5, 5.41) is 6.50. The van der Waals surface area contributed by atoms with Gasteiger partial charge >= 0.3 is 6.03 Å². The number of amides is 2. The molecule has 1 heterocycles. The maximum Gasteiger partial charge on any atom is 0.325 e. The van der Waals surface area contributed by atoms with Gasteiger partial charge in [0.2, 0.25) is 0 Å². The zero-order valence-corrected chi connectivity index (χ0v) is 14.1. The Kier molecular flexibility index (Phi) is 4.36. The molecule has 5 nitrogen and oxygen atoms in total. The number of anilines is 2. The molecule has 2 amide bonds. The van der Waals surface area contributed by atoms with E-state index in [1.165, 1.54) is 11.3 Å². The zero-order valence-electron chi connectivity index (χ0n) is 12.5. The highest BCUT2D eigenvalue weighted by Crippen LogP contribution is 2.37. The van der Waals surface area contributed by atoms with Crippen LogP contribution in [-0.4, -0.2) is 18.1 Å². The number of carbonyl (C=O) groups excluding carboxylic acids is 1. The summed E-state index contributed by atoms with van der Waals surface area (Å²) in [5.41, 5.74) is 2.48. The number of urea groups is 1. The largest absolute Gasteiger partial charge is 0.494 e. The number of hydrogen-bond acceptors (Lipinski definition) is 4. The van der Waals surface area contributed by atoms with Gasteiger partial charge in [-0.1, -0.05) is 40.6 Å². The van der Waals surface area contributed by atoms with Crippen molar-refractivity contribution in [2.75, 3.05) is 17.7 Å². The van der Waals surface area contributed by atoms with E-state index in [0.717, 1.165) is 10.3 Å². The molecule has 0 aliphatic rings. The summed E-state index contributed by atoms with van der Waals surface area (Å²) in [5.74, 6) is 0.618. The molecule has 0 unspecified atom stereocenters. The van der Waals surface area contributed by atoms with E-state index in [4.69, 9.17) is 16.3 Å². The number of fused-ring (bicyclic) bond motifs is 1. The predicted molar refractivity (Wildman–Crippen MR) is 95.0 cm³/mol. The van der Waals surface area contributed by atoms with Crippen molar-refractivity contribution in [2.45, 2.75) is 6.92 Å². The average molecular weight is 348 g/mol. The van der Waals surface area contributed by atoms with Crippen molar-refractivity contribution >= 4 is 50.0 Å². The molecule has 0 aliphatic heterocycles. The molecule has 3 rings (SSSR count). The van der Waals surface area contributed by atoms with Crippen molar-refractivity contribution in [2.24, 2.45) is 0 Å². The predicted octanol–water partition coefficient (Wildman–Crippen LogP) is 4.91. The lowest BCUT2D eigenvalue weighted by atomic mass is 10.2. The third kappa shape index (κ3) is 3.38. The van der Waals surface area contributed by atoms with Gasteiger partial charge in [-0.15, -0.1) is 0 Å². The Labute approximate surface area is 142 Å². The Bertz CT molecular complexity index is 862. The van der Waals surface area contributed by atoms with Crippen molar-refractivity contribution in [3.05, 3.63) is 47.0 Å². The van der Waals surface area contributed by atoms with Crippen LogP contribution in [0.4, 0.5) is 15.6 Å². The van der Waals surface area contributed by atoms with Crippen LogP contribution in [0.15, 0.2) is 36.4 Å². The van der Waals surface area contributed by atoms with Crippen LogP contribution in [0.5, 0.6) is 5.75 Å². The number of rotatable bonds is 3. The number of benzene rings is 2. The van der Waals surface area contributed by atoms with Gasteiger partial charge in [0, 0.05) is 5.69 Å². The Morgan fingerprint density at radius 3 is 2.61 bits per heavy atom. The minimum absolute atomic E-state index is 0.358. The number of methoxy groups -OCH3 is 1. The summed E-state index contributed by atoms with van der Waals surface area (Å²) in [6.07, 6.45) is 0. The first-order valence-corrected chi connectivity index (χ1v) is 8.04. The highest BCUT2D eigenvalue weighted by atomic mass is 35.5. The van der Waals surface area contributed by atoms with Crippen molar-refractivity contribution in [1.29, 1.82) is 0 Å². The van der Waals surface area contributed by atoms with E-state index in [9.17, 15) is 4.79 Å². The van der Waals surface area contributed by atoms with Gasteiger partial charge in [0.15, 0.2) is 5.13 Å². The van der Waals surface area contributed by atoms with Gasteiger partial charge in [0.25, 0.3) is 0 Å². The van der Waals surface area contributed by atoms with Crippen LogP contribution >= 0.6 is 22.9 Å². The molecule has 0 bridgehead atoms. The third-order valence-corrected chi connectivity index (χ3v) is 4.64. The summed E-state index contributed by atoms with van der Waals surface area (Å²) < 4.78 is 6.04. The summed E-state index contributed by atoms with van der Waals surface area (Å²) in [4.78, 5) is 16.4. The lowest BCUT2D eigenvalue weighted by molar-refractivity contribution is 0.262. The molecular weight excluding hydrogens is 334 g/mol. The van der Waals surface area contributed by atoms with Crippen LogP contribution in [0.1, 0.15) is 5.56 Å². The van der Waals surface area contributed by atoms with Crippen molar-refractivity contribution in [3.8, 4) is 5.75 Å². The highest BCUT2D eigenvalue weighted by molar-refractivity contribution is 7.23. The Balaban J connectivity index is 1.79. The smallest absolute Gasteiger partial charge is 0.325 e. The quantitative estimate of drug-likeness (QED) is 0.707. The number of carbonyl (C=O) groups is 1. The van der Waals surface area contributed by atoms with Gasteiger partial charge in [-0.3, -0.25) is 5.32 Å². The number of thiazole rings is 1. The van der Waals surface area contributed by atoms with Crippen LogP contribution in [0.3, 0.4) is 0 Å². The number of nitrogens with zero attached hydrogens (tertiary/aromatic N) is 1. The van der Waals surface area contributed by atoms with Crippen LogP contribution in [0, 0.1) is 6.92 Å². The van der Waals surface area contributed by atoms with E-state index in [1.54, 1.807) is 19.2 Å². The number of halogens is 1. The molecule has 118 valence electrons. The summed E-state index contributed by atoms with van der Waals surface area (Å²) >= 11 is 7.47. The highest BCUT2D eigenvalue weighted by Gasteiger charge is 2.13. The van der Waals surface area contributed by atoms with E-state index in [-0.39, 0.29) is 6.03 Å². The van der Waals surface area contributed by atoms with Crippen LogP contribution in [0.25, 0.3) is 10.2 Å². The Hall–Kier alpha value is -2.31. The van der Waals surface area contributed by atoms with E-state index < -0.39 is 0 Å². The van der Waals surface area contributed by atoms with Gasteiger partial charge in [-0.05, 0) is 31.2 Å². The van der Waals surface area contributed by atoms with E-state index in [0.29, 0.717) is 27.1 Å². The van der Waals surface area contributed by atoms with Crippen LogP contribution in [0.2, 0.25) is 5.02 Å². The normalized spacial score (nSPS) is 10.6. The third-order valence-electron chi connectivity index (χ3n) is 3.21. The second kappa shape index (κ2) is 6.44. The maximum absolute atomic E-state index is 12.1. The van der Waals surface area contributed by atoms with E-state index in [2.05, 4.69) is 15.6 Å². The first-order valence-electron chi connectivity index (χ1n) is 6.84. The van der Waals surface area contributed by atoms with Gasteiger partial charge < -0.3 is 10.1 Å². The Morgan fingerprint density at radius 2 is 1.91 bits per heavy atom. The lowest BCUT2D eigenvalue weighted by Crippen LogP contribution is -2.19. The van der Waals surface area contributed by atoms with Gasteiger partial charge in [0.1, 0.15) is 11.3 Å². The number of aromatic nitrogens is 1. The van der Waals surface area contributed by atoms with Crippen molar-refractivity contribution in [1.82, 2.24) is 4.98 Å². The topological polar surface area (TPSA) is 63.2 Å². The van der Waals surface area contributed by atoms with Gasteiger partial charge in [-0.2, -0.15) is 0 Å². The summed E-state index contributed by atoms with van der Waals surface area (Å²) in [7, 11) is 1.57. The number of aryl methyl sites for hydroxylation is 1. The fourth-order valence-electron chi connectivity index (χ4n) is 2.07. The summed E-state index contributed by atoms with van der Waals surface area (Å²) in [6, 6.07) is 10.7. The molecule has 0 saturated carbocycles. The molecule has 0 aliphatic carbocycles. The molecule has 0 atom stereocenters. The fourth-order valence-corrected chi connectivity index (χ4v) is 3.22. The number of hydrogen-bond donors (Lipinski definition) is 2. The standard InChI is InChI=1S/C16H14ClN3O2S/c1-9-3-5-10(6-4-9)18-15(21)20-16-19-13-12(22-2)8-7-11(17)14(13)23-16/h3-8H,1-2H3,(H2,18,19,20,21). The van der Waals surface area contributed by atoms with Crippen LogP contribution in [-0.2, 0) is 0 Å². The van der Waals surface area contributed by atoms with Crippen molar-refractivity contribution < 1.29 is 9.53 Å². The SMILES string of the molecule is COc1ccc(Cl)c2sc(NC(=O)Nc3ccc(C)cc3)nc12. The molecule has 0 spiro atoms. The number of nitrogens with one attached hydrogen (secondary N) is 2. The van der Waals surface area contributed by atoms with Crippen LogP contribution < -0.4 is 15.4 Å². The molecule has 0 fully saturated rings. The first kappa shape index (κ1) is 15.6. The summed E-state index contributed by atoms with van der Waals surface area (Å²) in [6.45, 7) is 1.99. The zero-order chi connectivity index (χ0) is 16.4. The fraction of sp³-hybridized carbons (Fsp3) is 0.125. The molecule has 0 radical (unpaired) electrons. The minimum atomic E-state index is -0.358.